The van der Waals surface area contributed by atoms with Crippen LogP contribution in [-0.2, 0) is 9.53 Å². The third-order valence-corrected chi connectivity index (χ3v) is 2.64. The SMILES string of the molecule is CNCC(=O)NCCCOC1CCCC1. The van der Waals surface area contributed by atoms with Crippen molar-refractivity contribution in [3.05, 3.63) is 0 Å². The third-order valence-electron chi connectivity index (χ3n) is 2.64. The zero-order valence-electron chi connectivity index (χ0n) is 9.55. The number of carbonyl (C=O) groups is 1. The Morgan fingerprint density at radius 2 is 2.13 bits per heavy atom. The average molecular weight is 214 g/mol. The minimum absolute atomic E-state index is 0.0540. The number of ether oxygens (including phenoxy) is 1. The molecule has 0 aromatic heterocycles. The standard InChI is InChI=1S/C11H22N2O2/c1-12-9-11(14)13-7-4-8-15-10-5-2-3-6-10/h10,12H,2-9H2,1H3,(H,13,14). The van der Waals surface area contributed by atoms with Crippen molar-refractivity contribution in [2.75, 3.05) is 26.7 Å². The molecule has 0 spiro atoms. The van der Waals surface area contributed by atoms with Crippen LogP contribution in [0.5, 0.6) is 0 Å². The Balaban J connectivity index is 1.86. The maximum Gasteiger partial charge on any atom is 0.233 e. The quantitative estimate of drug-likeness (QED) is 0.612. The first-order valence-electron chi connectivity index (χ1n) is 5.86. The Labute approximate surface area is 91.8 Å². The van der Waals surface area contributed by atoms with Crippen LogP contribution in [0.15, 0.2) is 0 Å². The number of hydrogen-bond acceptors (Lipinski definition) is 3. The molecule has 1 amide bonds. The summed E-state index contributed by atoms with van der Waals surface area (Å²) in [7, 11) is 1.77. The highest BCUT2D eigenvalue weighted by Gasteiger charge is 2.14. The minimum atomic E-state index is 0.0540. The predicted molar refractivity (Wildman–Crippen MR) is 59.8 cm³/mol. The summed E-state index contributed by atoms with van der Waals surface area (Å²) in [5, 5.41) is 5.64. The van der Waals surface area contributed by atoms with Gasteiger partial charge in [0.15, 0.2) is 0 Å². The Hall–Kier alpha value is -0.610. The van der Waals surface area contributed by atoms with Gasteiger partial charge in [0, 0.05) is 13.2 Å². The molecule has 1 aliphatic rings. The van der Waals surface area contributed by atoms with E-state index in [2.05, 4.69) is 10.6 Å². The predicted octanol–water partition coefficient (Wildman–Crippen LogP) is 0.671. The molecule has 88 valence electrons. The Morgan fingerprint density at radius 1 is 1.40 bits per heavy atom. The molecule has 1 aliphatic carbocycles. The highest BCUT2D eigenvalue weighted by atomic mass is 16.5. The third kappa shape index (κ3) is 5.74. The van der Waals surface area contributed by atoms with Crippen molar-refractivity contribution >= 4 is 5.91 Å². The number of amides is 1. The van der Waals surface area contributed by atoms with Crippen LogP contribution in [0.1, 0.15) is 32.1 Å². The second-order valence-corrected chi connectivity index (χ2v) is 4.01. The van der Waals surface area contributed by atoms with Crippen molar-refractivity contribution in [2.45, 2.75) is 38.2 Å². The van der Waals surface area contributed by atoms with Crippen LogP contribution in [0, 0.1) is 0 Å². The van der Waals surface area contributed by atoms with Crippen LogP contribution in [0.25, 0.3) is 0 Å². The lowest BCUT2D eigenvalue weighted by molar-refractivity contribution is -0.120. The van der Waals surface area contributed by atoms with E-state index in [9.17, 15) is 4.79 Å². The molecule has 2 N–H and O–H groups in total. The summed E-state index contributed by atoms with van der Waals surface area (Å²) in [5.41, 5.74) is 0. The molecular formula is C11H22N2O2. The first-order valence-corrected chi connectivity index (χ1v) is 5.86. The van der Waals surface area contributed by atoms with E-state index >= 15 is 0 Å². The molecule has 1 saturated carbocycles. The van der Waals surface area contributed by atoms with Crippen molar-refractivity contribution in [2.24, 2.45) is 0 Å². The molecule has 0 saturated heterocycles. The van der Waals surface area contributed by atoms with Gasteiger partial charge in [0.05, 0.1) is 12.6 Å². The summed E-state index contributed by atoms with van der Waals surface area (Å²) >= 11 is 0. The van der Waals surface area contributed by atoms with Crippen LogP contribution < -0.4 is 10.6 Å². The second kappa shape index (κ2) is 7.65. The Bertz CT molecular complexity index is 179. The fourth-order valence-electron chi connectivity index (χ4n) is 1.83. The molecule has 1 rings (SSSR count). The summed E-state index contributed by atoms with van der Waals surface area (Å²) in [6.07, 6.45) is 6.44. The van der Waals surface area contributed by atoms with E-state index in [0.717, 1.165) is 13.0 Å². The molecule has 0 unspecified atom stereocenters. The monoisotopic (exact) mass is 214 g/mol. The Morgan fingerprint density at radius 3 is 2.80 bits per heavy atom. The zero-order chi connectivity index (χ0) is 10.9. The lowest BCUT2D eigenvalue weighted by Gasteiger charge is -2.10. The number of nitrogens with one attached hydrogen (secondary N) is 2. The number of hydrogen-bond donors (Lipinski definition) is 2. The first-order chi connectivity index (χ1) is 7.33. The molecule has 1 fully saturated rings. The molecule has 0 radical (unpaired) electrons. The van der Waals surface area contributed by atoms with Crippen LogP contribution in [0.3, 0.4) is 0 Å². The van der Waals surface area contributed by atoms with Crippen LogP contribution in [0.2, 0.25) is 0 Å². The number of rotatable bonds is 7. The van der Waals surface area contributed by atoms with E-state index in [4.69, 9.17) is 4.74 Å². The smallest absolute Gasteiger partial charge is 0.233 e. The molecular weight excluding hydrogens is 192 g/mol. The minimum Gasteiger partial charge on any atom is -0.378 e. The van der Waals surface area contributed by atoms with Crippen LogP contribution in [0.4, 0.5) is 0 Å². The van der Waals surface area contributed by atoms with E-state index in [-0.39, 0.29) is 5.91 Å². The molecule has 0 aromatic rings. The lowest BCUT2D eigenvalue weighted by atomic mass is 10.3. The van der Waals surface area contributed by atoms with Gasteiger partial charge >= 0.3 is 0 Å². The molecule has 0 bridgehead atoms. The number of carbonyl (C=O) groups excluding carboxylic acids is 1. The zero-order valence-corrected chi connectivity index (χ0v) is 9.55. The van der Waals surface area contributed by atoms with Crippen molar-refractivity contribution in [3.8, 4) is 0 Å². The van der Waals surface area contributed by atoms with Gasteiger partial charge in [-0.05, 0) is 26.3 Å². The van der Waals surface area contributed by atoms with E-state index in [0.29, 0.717) is 19.2 Å². The Kier molecular flexibility index (Phi) is 6.36. The van der Waals surface area contributed by atoms with Gasteiger partial charge in [0.25, 0.3) is 0 Å². The molecule has 4 heteroatoms. The van der Waals surface area contributed by atoms with Crippen molar-refractivity contribution in [3.63, 3.8) is 0 Å². The highest BCUT2D eigenvalue weighted by molar-refractivity contribution is 5.77. The second-order valence-electron chi connectivity index (χ2n) is 4.01. The van der Waals surface area contributed by atoms with Gasteiger partial charge in [-0.3, -0.25) is 4.79 Å². The molecule has 0 aromatic carbocycles. The van der Waals surface area contributed by atoms with Gasteiger partial charge in [-0.1, -0.05) is 12.8 Å². The molecule has 0 heterocycles. The van der Waals surface area contributed by atoms with E-state index < -0.39 is 0 Å². The van der Waals surface area contributed by atoms with Gasteiger partial charge in [-0.15, -0.1) is 0 Å². The van der Waals surface area contributed by atoms with Gasteiger partial charge in [0.1, 0.15) is 0 Å². The molecule has 0 atom stereocenters. The summed E-state index contributed by atoms with van der Waals surface area (Å²) in [4.78, 5) is 11.0. The van der Waals surface area contributed by atoms with E-state index in [1.807, 2.05) is 0 Å². The maximum atomic E-state index is 11.0. The van der Waals surface area contributed by atoms with Crippen molar-refractivity contribution < 1.29 is 9.53 Å². The topological polar surface area (TPSA) is 50.4 Å². The summed E-state index contributed by atoms with van der Waals surface area (Å²) in [6, 6.07) is 0. The van der Waals surface area contributed by atoms with Crippen molar-refractivity contribution in [1.29, 1.82) is 0 Å². The molecule has 4 nitrogen and oxygen atoms in total. The van der Waals surface area contributed by atoms with Crippen LogP contribution in [-0.4, -0.2) is 38.8 Å². The fraction of sp³-hybridized carbons (Fsp3) is 0.909. The summed E-state index contributed by atoms with van der Waals surface area (Å²) in [5.74, 6) is 0.0540. The highest BCUT2D eigenvalue weighted by Crippen LogP contribution is 2.20. The summed E-state index contributed by atoms with van der Waals surface area (Å²) in [6.45, 7) is 1.88. The normalized spacial score (nSPS) is 16.9. The molecule has 0 aliphatic heterocycles. The van der Waals surface area contributed by atoms with Crippen molar-refractivity contribution in [1.82, 2.24) is 10.6 Å². The first kappa shape index (κ1) is 12.5. The van der Waals surface area contributed by atoms with Gasteiger partial charge in [0.2, 0.25) is 5.91 Å². The largest absolute Gasteiger partial charge is 0.378 e. The van der Waals surface area contributed by atoms with Gasteiger partial charge in [-0.25, -0.2) is 0 Å². The van der Waals surface area contributed by atoms with Gasteiger partial charge < -0.3 is 15.4 Å². The van der Waals surface area contributed by atoms with Crippen LogP contribution >= 0.6 is 0 Å². The number of likely N-dealkylation sites (N-methyl/N-ethyl adjacent to an activating group) is 1. The maximum absolute atomic E-state index is 11.0. The lowest BCUT2D eigenvalue weighted by Crippen LogP contribution is -2.33. The average Bonchev–Trinajstić information content (AvgIpc) is 2.70. The van der Waals surface area contributed by atoms with E-state index in [1.165, 1.54) is 25.7 Å². The van der Waals surface area contributed by atoms with Gasteiger partial charge in [-0.2, -0.15) is 0 Å². The summed E-state index contributed by atoms with van der Waals surface area (Å²) < 4.78 is 5.68. The molecule has 15 heavy (non-hydrogen) atoms. The fourth-order valence-corrected chi connectivity index (χ4v) is 1.83. The van der Waals surface area contributed by atoms with E-state index in [1.54, 1.807) is 7.05 Å².